The fraction of sp³-hybridized carbons (Fsp3) is 0.600. The smallest absolute Gasteiger partial charge is 0.312 e. The van der Waals surface area contributed by atoms with E-state index < -0.39 is 30.8 Å². The molecular weight excluding hydrogens is 158 g/mol. The van der Waals surface area contributed by atoms with Crippen LogP contribution in [0.2, 0.25) is 0 Å². The molecule has 0 aliphatic carbocycles. The molecule has 0 aromatic carbocycles. The summed E-state index contributed by atoms with van der Waals surface area (Å²) in [6.07, 6.45) is 0. The third-order valence-electron chi connectivity index (χ3n) is 1.34. The number of nitrogens with two attached hydrogens (primary N) is 1. The van der Waals surface area contributed by atoms with E-state index in [9.17, 15) is 18.4 Å². The third-order valence-corrected chi connectivity index (χ3v) is 1.34. The van der Waals surface area contributed by atoms with E-state index in [2.05, 4.69) is 5.73 Å². The maximum atomic E-state index is 12.1. The molecule has 11 heavy (non-hydrogen) atoms. The second-order valence-electron chi connectivity index (χ2n) is 2.38. The van der Waals surface area contributed by atoms with Crippen LogP contribution in [0.15, 0.2) is 0 Å². The summed E-state index contributed by atoms with van der Waals surface area (Å²) < 4.78 is 24.1. The highest BCUT2D eigenvalue weighted by atomic mass is 19.3. The van der Waals surface area contributed by atoms with Crippen molar-refractivity contribution >= 4 is 11.8 Å². The molecule has 1 aliphatic rings. The number of likely N-dealkylation sites (tertiary alicyclic amines) is 1. The quantitative estimate of drug-likeness (QED) is 0.464. The lowest BCUT2D eigenvalue weighted by atomic mass is 10.1. The molecule has 0 unspecified atom stereocenters. The second kappa shape index (κ2) is 2.14. The van der Waals surface area contributed by atoms with Crippen molar-refractivity contribution in [3.8, 4) is 0 Å². The predicted octanol–water partition coefficient (Wildman–Crippen LogP) is -1.05. The molecule has 0 saturated carbocycles. The Balaban J connectivity index is 2.45. The van der Waals surface area contributed by atoms with Crippen LogP contribution >= 0.6 is 0 Å². The number of carbonyl (C=O) groups excluding carboxylic acids is 2. The monoisotopic (exact) mass is 164 g/mol. The summed E-state index contributed by atoms with van der Waals surface area (Å²) >= 11 is 0. The molecule has 62 valence electrons. The number of hydrogen-bond donors (Lipinski definition) is 1. The van der Waals surface area contributed by atoms with Gasteiger partial charge in [0.2, 0.25) is 0 Å². The normalized spacial score (nSPS) is 20.7. The molecule has 6 heteroatoms. The number of alkyl halides is 2. The molecule has 1 fully saturated rings. The van der Waals surface area contributed by atoms with E-state index in [1.54, 1.807) is 0 Å². The van der Waals surface area contributed by atoms with Crippen molar-refractivity contribution in [1.82, 2.24) is 4.90 Å². The Labute approximate surface area is 60.9 Å². The van der Waals surface area contributed by atoms with Crippen LogP contribution in [-0.4, -0.2) is 35.7 Å². The van der Waals surface area contributed by atoms with Crippen LogP contribution in [0.3, 0.4) is 0 Å². The van der Waals surface area contributed by atoms with Gasteiger partial charge in [0.25, 0.3) is 5.92 Å². The first-order valence-electron chi connectivity index (χ1n) is 2.89. The summed E-state index contributed by atoms with van der Waals surface area (Å²) in [6.45, 7) is -1.40. The largest absolute Gasteiger partial charge is 0.361 e. The molecule has 0 spiro atoms. The van der Waals surface area contributed by atoms with E-state index >= 15 is 0 Å². The Morgan fingerprint density at radius 3 is 2.09 bits per heavy atom. The van der Waals surface area contributed by atoms with Crippen molar-refractivity contribution in [1.29, 1.82) is 0 Å². The van der Waals surface area contributed by atoms with Gasteiger partial charge >= 0.3 is 11.8 Å². The minimum atomic E-state index is -2.84. The fourth-order valence-electron chi connectivity index (χ4n) is 0.812. The van der Waals surface area contributed by atoms with Gasteiger partial charge in [0.05, 0.1) is 13.1 Å². The summed E-state index contributed by atoms with van der Waals surface area (Å²) in [6, 6.07) is 0. The van der Waals surface area contributed by atoms with Crippen molar-refractivity contribution in [2.45, 2.75) is 5.92 Å². The van der Waals surface area contributed by atoms with Crippen LogP contribution in [0.25, 0.3) is 0 Å². The maximum absolute atomic E-state index is 12.1. The highest BCUT2D eigenvalue weighted by Gasteiger charge is 2.47. The minimum absolute atomic E-state index is 0.700. The molecule has 1 rings (SSSR count). The minimum Gasteiger partial charge on any atom is -0.361 e. The maximum Gasteiger partial charge on any atom is 0.312 e. The summed E-state index contributed by atoms with van der Waals surface area (Å²) in [5.41, 5.74) is 4.56. The number of nitrogens with zero attached hydrogens (tertiary/aromatic N) is 1. The Morgan fingerprint density at radius 2 is 1.82 bits per heavy atom. The number of halogens is 2. The average Bonchev–Trinajstić information content (AvgIpc) is 1.80. The third kappa shape index (κ3) is 1.44. The Morgan fingerprint density at radius 1 is 1.36 bits per heavy atom. The van der Waals surface area contributed by atoms with Crippen LogP contribution in [0.5, 0.6) is 0 Å². The van der Waals surface area contributed by atoms with Gasteiger partial charge in [-0.2, -0.15) is 0 Å². The van der Waals surface area contributed by atoms with Gasteiger partial charge < -0.3 is 10.6 Å². The zero-order valence-electron chi connectivity index (χ0n) is 5.51. The summed E-state index contributed by atoms with van der Waals surface area (Å²) in [5.74, 6) is -5.08. The molecule has 1 aliphatic heterocycles. The molecule has 0 aromatic rings. The number of amides is 2. The second-order valence-corrected chi connectivity index (χ2v) is 2.38. The van der Waals surface area contributed by atoms with Crippen LogP contribution in [0.4, 0.5) is 8.78 Å². The molecule has 4 nitrogen and oxygen atoms in total. The molecule has 0 aromatic heterocycles. The Kier molecular flexibility index (Phi) is 1.54. The first kappa shape index (κ1) is 7.90. The van der Waals surface area contributed by atoms with Crippen LogP contribution in [0, 0.1) is 0 Å². The summed E-state index contributed by atoms with van der Waals surface area (Å²) in [7, 11) is 0. The molecular formula is C5H6F2N2O2. The van der Waals surface area contributed by atoms with Crippen LogP contribution in [0.1, 0.15) is 0 Å². The van der Waals surface area contributed by atoms with E-state index in [0.717, 1.165) is 0 Å². The zero-order chi connectivity index (χ0) is 8.65. The highest BCUT2D eigenvalue weighted by Crippen LogP contribution is 2.26. The zero-order valence-corrected chi connectivity index (χ0v) is 5.51. The van der Waals surface area contributed by atoms with Crippen molar-refractivity contribution in [3.05, 3.63) is 0 Å². The van der Waals surface area contributed by atoms with Crippen molar-refractivity contribution in [2.75, 3.05) is 13.1 Å². The molecule has 2 amide bonds. The van der Waals surface area contributed by atoms with Crippen molar-refractivity contribution in [3.63, 3.8) is 0 Å². The molecule has 1 heterocycles. The summed E-state index contributed by atoms with van der Waals surface area (Å²) in [4.78, 5) is 21.4. The van der Waals surface area contributed by atoms with Gasteiger partial charge in [0.1, 0.15) is 0 Å². The van der Waals surface area contributed by atoms with Gasteiger partial charge in [-0.3, -0.25) is 9.59 Å². The van der Waals surface area contributed by atoms with E-state index in [0.29, 0.717) is 4.90 Å². The van der Waals surface area contributed by atoms with Gasteiger partial charge in [0, 0.05) is 0 Å². The highest BCUT2D eigenvalue weighted by molar-refractivity contribution is 6.34. The number of rotatable bonds is 0. The Bertz CT molecular complexity index is 209. The van der Waals surface area contributed by atoms with Gasteiger partial charge in [-0.1, -0.05) is 0 Å². The van der Waals surface area contributed by atoms with E-state index in [1.165, 1.54) is 0 Å². The first-order valence-corrected chi connectivity index (χ1v) is 2.89. The van der Waals surface area contributed by atoms with Crippen molar-refractivity contribution < 1.29 is 18.4 Å². The van der Waals surface area contributed by atoms with Gasteiger partial charge in [-0.25, -0.2) is 8.78 Å². The lowest BCUT2D eigenvalue weighted by Gasteiger charge is -2.37. The van der Waals surface area contributed by atoms with E-state index in [4.69, 9.17) is 0 Å². The fourth-order valence-corrected chi connectivity index (χ4v) is 0.812. The van der Waals surface area contributed by atoms with Crippen LogP contribution in [-0.2, 0) is 9.59 Å². The number of hydrogen-bond acceptors (Lipinski definition) is 2. The van der Waals surface area contributed by atoms with Crippen LogP contribution < -0.4 is 5.73 Å². The van der Waals surface area contributed by atoms with Gasteiger partial charge in [-0.15, -0.1) is 0 Å². The first-order chi connectivity index (χ1) is 4.92. The molecule has 0 radical (unpaired) electrons. The molecule has 0 bridgehead atoms. The lowest BCUT2D eigenvalue weighted by molar-refractivity contribution is -0.169. The predicted molar refractivity (Wildman–Crippen MR) is 30.7 cm³/mol. The number of carbonyl (C=O) groups is 2. The van der Waals surface area contributed by atoms with E-state index in [1.807, 2.05) is 0 Å². The van der Waals surface area contributed by atoms with E-state index in [-0.39, 0.29) is 0 Å². The topological polar surface area (TPSA) is 63.4 Å². The number of primary amides is 1. The average molecular weight is 164 g/mol. The van der Waals surface area contributed by atoms with Gasteiger partial charge in [0.15, 0.2) is 0 Å². The lowest BCUT2D eigenvalue weighted by Crippen LogP contribution is -2.60. The molecule has 1 saturated heterocycles. The van der Waals surface area contributed by atoms with Gasteiger partial charge in [-0.05, 0) is 0 Å². The standard InChI is InChI=1S/C5H6F2N2O2/c6-5(7)1-9(2-5)4(11)3(8)10/h1-2H2,(H2,8,10). The molecule has 0 atom stereocenters. The SMILES string of the molecule is NC(=O)C(=O)N1CC(F)(F)C1. The van der Waals surface area contributed by atoms with Crippen molar-refractivity contribution in [2.24, 2.45) is 5.73 Å². The Hall–Kier alpha value is -1.20. The summed E-state index contributed by atoms with van der Waals surface area (Å²) in [5, 5.41) is 0. The molecule has 2 N–H and O–H groups in total.